The zero-order valence-electron chi connectivity index (χ0n) is 11.6. The minimum atomic E-state index is -0.213. The monoisotopic (exact) mass is 266 g/mol. The summed E-state index contributed by atoms with van der Waals surface area (Å²) in [6.07, 6.45) is 2.40. The molecule has 0 amide bonds. The van der Waals surface area contributed by atoms with Gasteiger partial charge in [-0.2, -0.15) is 0 Å². The molecule has 0 spiro atoms. The van der Waals surface area contributed by atoms with Crippen LogP contribution in [0.5, 0.6) is 0 Å². The maximum atomic E-state index is 13.4. The van der Waals surface area contributed by atoms with Crippen LogP contribution in [0, 0.1) is 11.7 Å². The molecule has 2 N–H and O–H groups in total. The summed E-state index contributed by atoms with van der Waals surface area (Å²) in [6.45, 7) is 3.86. The SMILES string of the molecule is CN(Cc1ccc(F)c(CN)c1)CC1CCCOC1. The van der Waals surface area contributed by atoms with Crippen molar-refractivity contribution in [2.45, 2.75) is 25.9 Å². The summed E-state index contributed by atoms with van der Waals surface area (Å²) in [7, 11) is 2.10. The zero-order valence-corrected chi connectivity index (χ0v) is 11.6. The van der Waals surface area contributed by atoms with E-state index in [9.17, 15) is 4.39 Å². The maximum absolute atomic E-state index is 13.4. The topological polar surface area (TPSA) is 38.5 Å². The van der Waals surface area contributed by atoms with E-state index in [0.29, 0.717) is 11.5 Å². The van der Waals surface area contributed by atoms with Crippen LogP contribution in [0.3, 0.4) is 0 Å². The van der Waals surface area contributed by atoms with Crippen molar-refractivity contribution < 1.29 is 9.13 Å². The van der Waals surface area contributed by atoms with E-state index >= 15 is 0 Å². The van der Waals surface area contributed by atoms with Crippen molar-refractivity contribution in [2.24, 2.45) is 11.7 Å². The second-order valence-electron chi connectivity index (χ2n) is 5.41. The lowest BCUT2D eigenvalue weighted by Crippen LogP contribution is -2.30. The average molecular weight is 266 g/mol. The van der Waals surface area contributed by atoms with Crippen LogP contribution < -0.4 is 5.73 Å². The van der Waals surface area contributed by atoms with E-state index in [1.165, 1.54) is 12.5 Å². The van der Waals surface area contributed by atoms with E-state index in [1.54, 1.807) is 0 Å². The number of nitrogens with two attached hydrogens (primary N) is 1. The molecule has 1 aliphatic heterocycles. The van der Waals surface area contributed by atoms with Crippen LogP contribution in [-0.2, 0) is 17.8 Å². The molecule has 0 saturated carbocycles. The first-order valence-corrected chi connectivity index (χ1v) is 6.92. The zero-order chi connectivity index (χ0) is 13.7. The van der Waals surface area contributed by atoms with Gasteiger partial charge in [-0.25, -0.2) is 4.39 Å². The Morgan fingerprint density at radius 3 is 3.00 bits per heavy atom. The molecule has 3 nitrogen and oxygen atoms in total. The summed E-state index contributed by atoms with van der Waals surface area (Å²) >= 11 is 0. The first kappa shape index (κ1) is 14.4. The van der Waals surface area contributed by atoms with Crippen LogP contribution in [0.25, 0.3) is 0 Å². The van der Waals surface area contributed by atoms with Gasteiger partial charge in [0.05, 0.1) is 6.61 Å². The van der Waals surface area contributed by atoms with Gasteiger partial charge in [0.25, 0.3) is 0 Å². The lowest BCUT2D eigenvalue weighted by Gasteiger charge is -2.27. The van der Waals surface area contributed by atoms with Gasteiger partial charge < -0.3 is 15.4 Å². The molecule has 1 aromatic carbocycles. The van der Waals surface area contributed by atoms with Crippen molar-refractivity contribution in [3.05, 3.63) is 35.1 Å². The molecule has 0 aromatic heterocycles. The van der Waals surface area contributed by atoms with Crippen molar-refractivity contribution in [1.29, 1.82) is 0 Å². The molecule has 0 bridgehead atoms. The first-order valence-electron chi connectivity index (χ1n) is 6.92. The van der Waals surface area contributed by atoms with Gasteiger partial charge in [-0.05, 0) is 37.4 Å². The number of benzene rings is 1. The summed E-state index contributed by atoms with van der Waals surface area (Å²) in [5.41, 5.74) is 7.23. The van der Waals surface area contributed by atoms with Gasteiger partial charge in [0, 0.05) is 31.8 Å². The van der Waals surface area contributed by atoms with Crippen LogP contribution in [0.2, 0.25) is 0 Å². The number of hydrogen-bond donors (Lipinski definition) is 1. The number of ether oxygens (including phenoxy) is 1. The Kier molecular flexibility index (Phi) is 5.31. The molecule has 1 aromatic rings. The second kappa shape index (κ2) is 6.98. The summed E-state index contributed by atoms with van der Waals surface area (Å²) in [4.78, 5) is 2.27. The molecule has 1 atom stereocenters. The molecule has 1 heterocycles. The minimum absolute atomic E-state index is 0.213. The van der Waals surface area contributed by atoms with Crippen molar-refractivity contribution in [1.82, 2.24) is 4.90 Å². The summed E-state index contributed by atoms with van der Waals surface area (Å²) in [5, 5.41) is 0. The average Bonchev–Trinajstić information content (AvgIpc) is 2.42. The molecule has 1 fully saturated rings. The highest BCUT2D eigenvalue weighted by Crippen LogP contribution is 2.16. The fraction of sp³-hybridized carbons (Fsp3) is 0.600. The molecule has 0 aliphatic carbocycles. The molecular formula is C15H23FN2O. The minimum Gasteiger partial charge on any atom is -0.381 e. The number of hydrogen-bond acceptors (Lipinski definition) is 3. The highest BCUT2D eigenvalue weighted by atomic mass is 19.1. The smallest absolute Gasteiger partial charge is 0.127 e. The lowest BCUT2D eigenvalue weighted by molar-refractivity contribution is 0.0411. The van der Waals surface area contributed by atoms with E-state index in [4.69, 9.17) is 10.5 Å². The summed E-state index contributed by atoms with van der Waals surface area (Å²) < 4.78 is 18.9. The quantitative estimate of drug-likeness (QED) is 0.887. The molecule has 1 unspecified atom stereocenters. The Labute approximate surface area is 114 Å². The Bertz CT molecular complexity index is 405. The van der Waals surface area contributed by atoms with E-state index in [-0.39, 0.29) is 12.4 Å². The lowest BCUT2D eigenvalue weighted by atomic mass is 10.0. The van der Waals surface area contributed by atoms with E-state index < -0.39 is 0 Å². The fourth-order valence-corrected chi connectivity index (χ4v) is 2.65. The van der Waals surface area contributed by atoms with Gasteiger partial charge in [0.2, 0.25) is 0 Å². The highest BCUT2D eigenvalue weighted by Gasteiger charge is 2.16. The van der Waals surface area contributed by atoms with Crippen molar-refractivity contribution >= 4 is 0 Å². The van der Waals surface area contributed by atoms with Gasteiger partial charge in [0.15, 0.2) is 0 Å². The normalized spacial score (nSPS) is 19.9. The number of rotatable bonds is 5. The molecular weight excluding hydrogens is 243 g/mol. The van der Waals surface area contributed by atoms with Gasteiger partial charge in [-0.1, -0.05) is 12.1 Å². The summed E-state index contributed by atoms with van der Waals surface area (Å²) in [6, 6.07) is 5.21. The van der Waals surface area contributed by atoms with Gasteiger partial charge in [-0.15, -0.1) is 0 Å². The molecule has 19 heavy (non-hydrogen) atoms. The molecule has 4 heteroatoms. The standard InChI is InChI=1S/C15H23FN2O/c1-18(10-13-3-2-6-19-11-13)9-12-4-5-15(16)14(7-12)8-17/h4-5,7,13H,2-3,6,8-11,17H2,1H3. The summed E-state index contributed by atoms with van der Waals surface area (Å²) in [5.74, 6) is 0.405. The first-order chi connectivity index (χ1) is 9.19. The van der Waals surface area contributed by atoms with Crippen LogP contribution in [0.1, 0.15) is 24.0 Å². The molecule has 106 valence electrons. The maximum Gasteiger partial charge on any atom is 0.127 e. The fourth-order valence-electron chi connectivity index (χ4n) is 2.65. The van der Waals surface area contributed by atoms with E-state index in [1.807, 2.05) is 12.1 Å². The Morgan fingerprint density at radius 2 is 2.32 bits per heavy atom. The van der Waals surface area contributed by atoms with Gasteiger partial charge in [-0.3, -0.25) is 0 Å². The predicted molar refractivity (Wildman–Crippen MR) is 74.2 cm³/mol. The largest absolute Gasteiger partial charge is 0.381 e. The van der Waals surface area contributed by atoms with Crippen LogP contribution >= 0.6 is 0 Å². The third kappa shape index (κ3) is 4.27. The van der Waals surface area contributed by atoms with Crippen molar-refractivity contribution in [3.8, 4) is 0 Å². The van der Waals surface area contributed by atoms with Crippen LogP contribution in [0.15, 0.2) is 18.2 Å². The van der Waals surface area contributed by atoms with E-state index in [2.05, 4.69) is 11.9 Å². The highest BCUT2D eigenvalue weighted by molar-refractivity contribution is 5.24. The third-order valence-corrected chi connectivity index (χ3v) is 3.61. The molecule has 1 aliphatic rings. The molecule has 1 saturated heterocycles. The van der Waals surface area contributed by atoms with Crippen LogP contribution in [-0.4, -0.2) is 31.7 Å². The van der Waals surface area contributed by atoms with Crippen molar-refractivity contribution in [3.63, 3.8) is 0 Å². The third-order valence-electron chi connectivity index (χ3n) is 3.61. The Hall–Kier alpha value is -0.970. The number of halogens is 1. The van der Waals surface area contributed by atoms with Crippen LogP contribution in [0.4, 0.5) is 4.39 Å². The molecule has 0 radical (unpaired) electrons. The van der Waals surface area contributed by atoms with Gasteiger partial charge in [0.1, 0.15) is 5.82 Å². The second-order valence-corrected chi connectivity index (χ2v) is 5.41. The Morgan fingerprint density at radius 1 is 1.47 bits per heavy atom. The molecule has 2 rings (SSSR count). The predicted octanol–water partition coefficient (Wildman–Crippen LogP) is 2.14. The number of nitrogens with zero attached hydrogens (tertiary/aromatic N) is 1. The Balaban J connectivity index is 1.88. The van der Waals surface area contributed by atoms with Crippen molar-refractivity contribution in [2.75, 3.05) is 26.8 Å². The van der Waals surface area contributed by atoms with E-state index in [0.717, 1.165) is 38.3 Å². The van der Waals surface area contributed by atoms with Gasteiger partial charge >= 0.3 is 0 Å².